The van der Waals surface area contributed by atoms with Crippen molar-refractivity contribution in [2.75, 3.05) is 5.75 Å². The van der Waals surface area contributed by atoms with Crippen LogP contribution in [0.25, 0.3) is 5.69 Å². The molecule has 0 saturated carbocycles. The lowest BCUT2D eigenvalue weighted by Gasteiger charge is -2.27. The van der Waals surface area contributed by atoms with Crippen molar-refractivity contribution in [1.82, 2.24) is 25.5 Å². The zero-order chi connectivity index (χ0) is 17.7. The maximum atomic E-state index is 12.2. The fraction of sp³-hybridized carbons (Fsp3) is 0.438. The molecule has 0 aliphatic heterocycles. The van der Waals surface area contributed by atoms with Crippen molar-refractivity contribution in [2.45, 2.75) is 38.4 Å². The van der Waals surface area contributed by atoms with Gasteiger partial charge >= 0.3 is 0 Å². The second kappa shape index (κ2) is 7.45. The van der Waals surface area contributed by atoms with Crippen LogP contribution in [0.1, 0.15) is 26.3 Å². The third-order valence-corrected chi connectivity index (χ3v) is 4.72. The number of hydrogen-bond donors (Lipinski definition) is 1. The number of thioether (sulfide) groups is 1. The molecule has 0 spiro atoms. The minimum absolute atomic E-state index is 0.00839. The molecule has 2 rings (SSSR count). The van der Waals surface area contributed by atoms with Crippen molar-refractivity contribution in [1.29, 1.82) is 5.26 Å². The Labute approximate surface area is 145 Å². The van der Waals surface area contributed by atoms with Crippen LogP contribution < -0.4 is 5.32 Å². The van der Waals surface area contributed by atoms with Gasteiger partial charge in [-0.3, -0.25) is 4.79 Å². The summed E-state index contributed by atoms with van der Waals surface area (Å²) < 4.78 is 1.59. The topological polar surface area (TPSA) is 96.5 Å². The number of nitrogens with one attached hydrogen (secondary N) is 1. The van der Waals surface area contributed by atoms with Gasteiger partial charge in [-0.25, -0.2) is 0 Å². The monoisotopic (exact) mass is 344 g/mol. The maximum Gasteiger partial charge on any atom is 0.231 e. The van der Waals surface area contributed by atoms with E-state index in [2.05, 4.69) is 26.9 Å². The van der Waals surface area contributed by atoms with Gasteiger partial charge in [0.2, 0.25) is 11.1 Å². The molecule has 1 amide bonds. The van der Waals surface area contributed by atoms with Crippen molar-refractivity contribution in [3.63, 3.8) is 0 Å². The van der Waals surface area contributed by atoms with Crippen LogP contribution >= 0.6 is 11.8 Å². The Kier molecular flexibility index (Phi) is 5.57. The van der Waals surface area contributed by atoms with Crippen molar-refractivity contribution in [3.05, 3.63) is 29.8 Å². The first kappa shape index (κ1) is 17.9. The Bertz CT molecular complexity index is 766. The zero-order valence-corrected chi connectivity index (χ0v) is 15.0. The van der Waals surface area contributed by atoms with Gasteiger partial charge in [-0.05, 0) is 47.9 Å². The van der Waals surface area contributed by atoms with Crippen LogP contribution in [0.15, 0.2) is 29.4 Å². The highest BCUT2D eigenvalue weighted by atomic mass is 32.2. The zero-order valence-electron chi connectivity index (χ0n) is 14.1. The molecule has 24 heavy (non-hydrogen) atoms. The number of carbonyl (C=O) groups excluding carboxylic acids is 1. The average molecular weight is 344 g/mol. The minimum atomic E-state index is -0.889. The third-order valence-electron chi connectivity index (χ3n) is 3.81. The number of carbonyl (C=O) groups is 1. The van der Waals surface area contributed by atoms with E-state index in [1.807, 2.05) is 45.0 Å². The van der Waals surface area contributed by atoms with Gasteiger partial charge in [-0.1, -0.05) is 37.7 Å². The van der Waals surface area contributed by atoms with Gasteiger partial charge in [0.15, 0.2) is 0 Å². The molecule has 1 atom stereocenters. The maximum absolute atomic E-state index is 12.2. The first-order chi connectivity index (χ1) is 11.4. The van der Waals surface area contributed by atoms with Gasteiger partial charge in [0, 0.05) is 0 Å². The quantitative estimate of drug-likeness (QED) is 0.806. The summed E-state index contributed by atoms with van der Waals surface area (Å²) in [6.07, 6.45) is 0. The van der Waals surface area contributed by atoms with Crippen molar-refractivity contribution < 1.29 is 4.79 Å². The van der Waals surface area contributed by atoms with Gasteiger partial charge in [0.05, 0.1) is 17.5 Å². The van der Waals surface area contributed by atoms with Crippen molar-refractivity contribution >= 4 is 17.7 Å². The lowest BCUT2D eigenvalue weighted by atomic mass is 9.90. The van der Waals surface area contributed by atoms with E-state index < -0.39 is 5.54 Å². The minimum Gasteiger partial charge on any atom is -0.337 e. The number of aryl methyl sites for hydroxylation is 1. The Morgan fingerprint density at radius 2 is 2.25 bits per heavy atom. The highest BCUT2D eigenvalue weighted by Crippen LogP contribution is 2.20. The fourth-order valence-electron chi connectivity index (χ4n) is 1.95. The number of benzene rings is 1. The first-order valence-electron chi connectivity index (χ1n) is 7.56. The lowest BCUT2D eigenvalue weighted by Crippen LogP contribution is -2.49. The van der Waals surface area contributed by atoms with Crippen LogP contribution in [-0.4, -0.2) is 37.4 Å². The fourth-order valence-corrected chi connectivity index (χ4v) is 2.64. The Hall–Kier alpha value is -2.40. The second-order valence-corrected chi connectivity index (χ2v) is 6.96. The molecule has 2 aromatic rings. The number of hydrogen-bond acceptors (Lipinski definition) is 6. The molecular weight excluding hydrogens is 324 g/mol. The highest BCUT2D eigenvalue weighted by molar-refractivity contribution is 7.99. The molecule has 7 nitrogen and oxygen atoms in total. The van der Waals surface area contributed by atoms with Gasteiger partial charge in [0.25, 0.3) is 0 Å². The largest absolute Gasteiger partial charge is 0.337 e. The lowest BCUT2D eigenvalue weighted by molar-refractivity contribution is -0.120. The highest BCUT2D eigenvalue weighted by Gasteiger charge is 2.30. The molecule has 0 fully saturated rings. The second-order valence-electron chi connectivity index (χ2n) is 6.02. The van der Waals surface area contributed by atoms with Crippen molar-refractivity contribution in [3.8, 4) is 11.8 Å². The standard InChI is InChI=1S/C16H20N6OS/c1-11(2)16(4,10-17)18-14(23)9-24-15-19-20-21-22(15)13-7-5-6-12(3)8-13/h5-8,11H,9H2,1-4H3,(H,18,23)/t16-/m1/s1. The normalized spacial score (nSPS) is 13.3. The van der Waals surface area contributed by atoms with E-state index in [0.717, 1.165) is 11.3 Å². The molecule has 0 radical (unpaired) electrons. The molecule has 0 aliphatic rings. The van der Waals surface area contributed by atoms with Crippen LogP contribution in [0.4, 0.5) is 0 Å². The number of aromatic nitrogens is 4. The van der Waals surface area contributed by atoms with Crippen LogP contribution in [0, 0.1) is 24.2 Å². The van der Waals surface area contributed by atoms with E-state index in [0.29, 0.717) is 5.16 Å². The summed E-state index contributed by atoms with van der Waals surface area (Å²) in [5.74, 6) is -0.0819. The van der Waals surface area contributed by atoms with Gasteiger partial charge in [0.1, 0.15) is 5.54 Å². The molecule has 0 aliphatic carbocycles. The molecule has 8 heteroatoms. The molecule has 1 aromatic carbocycles. The molecule has 0 saturated heterocycles. The van der Waals surface area contributed by atoms with Crippen LogP contribution in [0.3, 0.4) is 0 Å². The number of nitrogens with zero attached hydrogens (tertiary/aromatic N) is 5. The number of tetrazole rings is 1. The smallest absolute Gasteiger partial charge is 0.231 e. The van der Waals surface area contributed by atoms with E-state index in [4.69, 9.17) is 0 Å². The average Bonchev–Trinajstić information content (AvgIpc) is 3.01. The van der Waals surface area contributed by atoms with E-state index >= 15 is 0 Å². The Morgan fingerprint density at radius 1 is 1.50 bits per heavy atom. The predicted octanol–water partition coefficient (Wildman–Crippen LogP) is 2.12. The Balaban J connectivity index is 2.05. The molecule has 1 aromatic heterocycles. The van der Waals surface area contributed by atoms with E-state index in [1.54, 1.807) is 11.6 Å². The van der Waals surface area contributed by atoms with Crippen LogP contribution in [0.2, 0.25) is 0 Å². The Morgan fingerprint density at radius 3 is 2.88 bits per heavy atom. The van der Waals surface area contributed by atoms with E-state index in [9.17, 15) is 10.1 Å². The van der Waals surface area contributed by atoms with Gasteiger partial charge < -0.3 is 5.32 Å². The summed E-state index contributed by atoms with van der Waals surface area (Å²) in [5.41, 5.74) is 1.05. The van der Waals surface area contributed by atoms with E-state index in [-0.39, 0.29) is 17.6 Å². The summed E-state index contributed by atoms with van der Waals surface area (Å²) in [6, 6.07) is 9.94. The molecule has 0 bridgehead atoms. The number of amides is 1. The van der Waals surface area contributed by atoms with Crippen molar-refractivity contribution in [2.24, 2.45) is 5.92 Å². The number of rotatable bonds is 6. The SMILES string of the molecule is Cc1cccc(-n2nnnc2SCC(=O)N[C@](C)(C#N)C(C)C)c1. The molecule has 0 unspecified atom stereocenters. The van der Waals surface area contributed by atoms with Gasteiger partial charge in [-0.15, -0.1) is 5.10 Å². The summed E-state index contributed by atoms with van der Waals surface area (Å²) in [5, 5.41) is 24.2. The van der Waals surface area contributed by atoms with E-state index in [1.165, 1.54) is 11.8 Å². The number of nitriles is 1. The van der Waals surface area contributed by atoms with Gasteiger partial charge in [-0.2, -0.15) is 9.94 Å². The molecular formula is C16H20N6OS. The third kappa shape index (κ3) is 4.11. The van der Waals surface area contributed by atoms with Crippen LogP contribution in [-0.2, 0) is 4.79 Å². The summed E-state index contributed by atoms with van der Waals surface area (Å²) in [7, 11) is 0. The first-order valence-corrected chi connectivity index (χ1v) is 8.55. The molecule has 1 heterocycles. The molecule has 126 valence electrons. The predicted molar refractivity (Wildman–Crippen MR) is 91.6 cm³/mol. The summed E-state index contributed by atoms with van der Waals surface area (Å²) >= 11 is 1.23. The molecule has 1 N–H and O–H groups in total. The van der Waals surface area contributed by atoms with Crippen LogP contribution in [0.5, 0.6) is 0 Å². The summed E-state index contributed by atoms with van der Waals surface area (Å²) in [4.78, 5) is 12.2. The summed E-state index contributed by atoms with van der Waals surface area (Å²) in [6.45, 7) is 7.50.